The Kier molecular flexibility index (Phi) is 3.67. The monoisotopic (exact) mass is 355 g/mol. The van der Waals surface area contributed by atoms with Gasteiger partial charge < -0.3 is 10.6 Å². The Hall–Kier alpha value is -3.30. The van der Waals surface area contributed by atoms with Crippen molar-refractivity contribution in [3.8, 4) is 5.69 Å². The molecule has 1 aliphatic carbocycles. The standard InChI is InChI=1S/C16H17N7O3/c1-16(10-5-6-10)14(25)22(15(26)19-16)8-13(24)18-11-3-2-4-12(7-11)23-9-17-20-21-23/h2-4,7,9-10H,5-6,8H2,1H3,(H,18,24)(H,19,26)/t16-/m1/s1. The number of anilines is 1. The summed E-state index contributed by atoms with van der Waals surface area (Å²) in [5.74, 6) is -0.648. The van der Waals surface area contributed by atoms with Crippen LogP contribution < -0.4 is 10.6 Å². The molecule has 0 spiro atoms. The van der Waals surface area contributed by atoms with Crippen LogP contribution in [0.3, 0.4) is 0 Å². The van der Waals surface area contributed by atoms with Crippen molar-refractivity contribution in [2.24, 2.45) is 5.92 Å². The summed E-state index contributed by atoms with van der Waals surface area (Å²) >= 11 is 0. The second-order valence-corrected chi connectivity index (χ2v) is 6.65. The summed E-state index contributed by atoms with van der Waals surface area (Å²) < 4.78 is 1.45. The molecule has 4 rings (SSSR count). The molecular weight excluding hydrogens is 338 g/mol. The molecule has 10 nitrogen and oxygen atoms in total. The normalized spacial score (nSPS) is 22.4. The first-order valence-electron chi connectivity index (χ1n) is 8.25. The predicted molar refractivity (Wildman–Crippen MR) is 89.2 cm³/mol. The van der Waals surface area contributed by atoms with Gasteiger partial charge in [0.25, 0.3) is 5.91 Å². The molecule has 1 aliphatic heterocycles. The van der Waals surface area contributed by atoms with Crippen LogP contribution >= 0.6 is 0 Å². The number of rotatable bonds is 5. The molecule has 0 bridgehead atoms. The Balaban J connectivity index is 1.44. The highest BCUT2D eigenvalue weighted by Crippen LogP contribution is 2.42. The molecule has 1 atom stereocenters. The summed E-state index contributed by atoms with van der Waals surface area (Å²) in [6, 6.07) is 6.39. The van der Waals surface area contributed by atoms with Gasteiger partial charge in [-0.05, 0) is 54.3 Å². The van der Waals surface area contributed by atoms with E-state index in [2.05, 4.69) is 26.2 Å². The lowest BCUT2D eigenvalue weighted by atomic mass is 9.96. The zero-order chi connectivity index (χ0) is 18.3. The smallest absolute Gasteiger partial charge is 0.324 e. The fourth-order valence-corrected chi connectivity index (χ4v) is 3.15. The van der Waals surface area contributed by atoms with Gasteiger partial charge in [0.05, 0.1) is 5.69 Å². The first-order chi connectivity index (χ1) is 12.5. The summed E-state index contributed by atoms with van der Waals surface area (Å²) in [5, 5.41) is 16.3. The number of nitrogens with one attached hydrogen (secondary N) is 2. The van der Waals surface area contributed by atoms with Crippen LogP contribution in [0.5, 0.6) is 0 Å². The number of carbonyl (C=O) groups is 3. The molecule has 26 heavy (non-hydrogen) atoms. The van der Waals surface area contributed by atoms with E-state index in [0.717, 1.165) is 17.7 Å². The molecule has 134 valence electrons. The second-order valence-electron chi connectivity index (χ2n) is 6.65. The number of tetrazole rings is 1. The average molecular weight is 355 g/mol. The SMILES string of the molecule is C[C@]1(C2CC2)NC(=O)N(CC(=O)Nc2cccc(-n3cnnn3)c2)C1=O. The minimum atomic E-state index is -0.891. The zero-order valence-electron chi connectivity index (χ0n) is 14.0. The van der Waals surface area contributed by atoms with Crippen LogP contribution in [0.2, 0.25) is 0 Å². The van der Waals surface area contributed by atoms with E-state index in [-0.39, 0.29) is 18.4 Å². The van der Waals surface area contributed by atoms with Crippen LogP contribution in [-0.4, -0.2) is 55.0 Å². The molecule has 4 amide bonds. The Labute approximate surface area is 148 Å². The number of carbonyl (C=O) groups excluding carboxylic acids is 3. The lowest BCUT2D eigenvalue weighted by Crippen LogP contribution is -2.46. The quantitative estimate of drug-likeness (QED) is 0.745. The molecule has 1 aromatic carbocycles. The minimum absolute atomic E-state index is 0.153. The molecule has 0 radical (unpaired) electrons. The number of nitrogens with zero attached hydrogens (tertiary/aromatic N) is 5. The third-order valence-electron chi connectivity index (χ3n) is 4.74. The van der Waals surface area contributed by atoms with E-state index in [1.54, 1.807) is 31.2 Å². The van der Waals surface area contributed by atoms with Crippen molar-refractivity contribution >= 4 is 23.5 Å². The van der Waals surface area contributed by atoms with Gasteiger partial charge >= 0.3 is 6.03 Å². The van der Waals surface area contributed by atoms with Crippen LogP contribution in [0.15, 0.2) is 30.6 Å². The maximum absolute atomic E-state index is 12.6. The molecule has 2 aliphatic rings. The molecule has 1 aromatic heterocycles. The van der Waals surface area contributed by atoms with Crippen molar-refractivity contribution in [3.63, 3.8) is 0 Å². The zero-order valence-corrected chi connectivity index (χ0v) is 14.0. The Bertz CT molecular complexity index is 878. The Morgan fingerprint density at radius 3 is 2.88 bits per heavy atom. The van der Waals surface area contributed by atoms with E-state index >= 15 is 0 Å². The Morgan fingerprint density at radius 2 is 2.19 bits per heavy atom. The van der Waals surface area contributed by atoms with E-state index in [1.807, 2.05) is 0 Å². The van der Waals surface area contributed by atoms with Crippen LogP contribution in [0.4, 0.5) is 10.5 Å². The molecule has 0 unspecified atom stereocenters. The Morgan fingerprint density at radius 1 is 1.38 bits per heavy atom. The third-order valence-corrected chi connectivity index (χ3v) is 4.74. The van der Waals surface area contributed by atoms with E-state index in [0.29, 0.717) is 11.4 Å². The number of hydrogen-bond acceptors (Lipinski definition) is 6. The van der Waals surface area contributed by atoms with Crippen LogP contribution in [0.25, 0.3) is 5.69 Å². The van der Waals surface area contributed by atoms with Crippen molar-refractivity contribution < 1.29 is 14.4 Å². The number of amides is 4. The molecule has 1 saturated heterocycles. The van der Waals surface area contributed by atoms with E-state index in [9.17, 15) is 14.4 Å². The fourth-order valence-electron chi connectivity index (χ4n) is 3.15. The number of aromatic nitrogens is 4. The molecule has 1 saturated carbocycles. The maximum atomic E-state index is 12.6. The highest BCUT2D eigenvalue weighted by Gasteiger charge is 2.56. The molecule has 10 heteroatoms. The maximum Gasteiger partial charge on any atom is 0.325 e. The van der Waals surface area contributed by atoms with Gasteiger partial charge in [-0.25, -0.2) is 9.48 Å². The fraction of sp³-hybridized carbons (Fsp3) is 0.375. The second kappa shape index (κ2) is 5.90. The van der Waals surface area contributed by atoms with Crippen molar-refractivity contribution in [2.45, 2.75) is 25.3 Å². The van der Waals surface area contributed by atoms with Gasteiger partial charge in [-0.15, -0.1) is 5.10 Å². The van der Waals surface area contributed by atoms with Gasteiger partial charge in [-0.2, -0.15) is 0 Å². The summed E-state index contributed by atoms with van der Waals surface area (Å²) in [6.07, 6.45) is 3.26. The first-order valence-corrected chi connectivity index (χ1v) is 8.25. The summed E-state index contributed by atoms with van der Waals surface area (Å²) in [7, 11) is 0. The van der Waals surface area contributed by atoms with Crippen molar-refractivity contribution in [1.82, 2.24) is 30.4 Å². The highest BCUT2D eigenvalue weighted by molar-refractivity contribution is 6.10. The minimum Gasteiger partial charge on any atom is -0.324 e. The molecule has 2 fully saturated rings. The number of imide groups is 1. The largest absolute Gasteiger partial charge is 0.325 e. The van der Waals surface area contributed by atoms with Gasteiger partial charge in [-0.3, -0.25) is 14.5 Å². The van der Waals surface area contributed by atoms with Crippen molar-refractivity contribution in [2.75, 3.05) is 11.9 Å². The van der Waals surface area contributed by atoms with Crippen molar-refractivity contribution in [1.29, 1.82) is 0 Å². The summed E-state index contributed by atoms with van der Waals surface area (Å²) in [4.78, 5) is 38.0. The lowest BCUT2D eigenvalue weighted by molar-refractivity contribution is -0.134. The number of hydrogen-bond donors (Lipinski definition) is 2. The summed E-state index contributed by atoms with van der Waals surface area (Å²) in [5.41, 5.74) is 0.293. The van der Waals surface area contributed by atoms with E-state index < -0.39 is 17.5 Å². The van der Waals surface area contributed by atoms with E-state index in [4.69, 9.17) is 0 Å². The average Bonchev–Trinajstić information content (AvgIpc) is 3.29. The van der Waals surface area contributed by atoms with Crippen LogP contribution in [0.1, 0.15) is 19.8 Å². The van der Waals surface area contributed by atoms with Crippen molar-refractivity contribution in [3.05, 3.63) is 30.6 Å². The molecule has 2 N–H and O–H groups in total. The van der Waals surface area contributed by atoms with Gasteiger partial charge in [-0.1, -0.05) is 6.07 Å². The van der Waals surface area contributed by atoms with Crippen LogP contribution in [-0.2, 0) is 9.59 Å². The van der Waals surface area contributed by atoms with Gasteiger partial charge in [0.1, 0.15) is 18.4 Å². The topological polar surface area (TPSA) is 122 Å². The first kappa shape index (κ1) is 16.2. The molecule has 2 aromatic rings. The molecular formula is C16H17N7O3. The third kappa shape index (κ3) is 2.79. The highest BCUT2D eigenvalue weighted by atomic mass is 16.2. The van der Waals surface area contributed by atoms with E-state index in [1.165, 1.54) is 11.0 Å². The van der Waals surface area contributed by atoms with Gasteiger partial charge in [0, 0.05) is 5.69 Å². The van der Waals surface area contributed by atoms with Gasteiger partial charge in [0.15, 0.2) is 0 Å². The van der Waals surface area contributed by atoms with Crippen LogP contribution in [0, 0.1) is 5.92 Å². The predicted octanol–water partition coefficient (Wildman–Crippen LogP) is 0.321. The molecule has 2 heterocycles. The number of urea groups is 1. The number of benzene rings is 1. The lowest BCUT2D eigenvalue weighted by Gasteiger charge is -2.20. The summed E-state index contributed by atoms with van der Waals surface area (Å²) in [6.45, 7) is 1.39. The van der Waals surface area contributed by atoms with Gasteiger partial charge in [0.2, 0.25) is 5.91 Å².